The first-order chi connectivity index (χ1) is 12.9. The minimum absolute atomic E-state index is 0.0192. The summed E-state index contributed by atoms with van der Waals surface area (Å²) in [5.74, 6) is -0.939. The second-order valence-corrected chi connectivity index (χ2v) is 6.48. The number of amides is 1. The van der Waals surface area contributed by atoms with Crippen LogP contribution in [0.5, 0.6) is 0 Å². The van der Waals surface area contributed by atoms with Crippen molar-refractivity contribution in [2.45, 2.75) is 32.9 Å². The monoisotopic (exact) mass is 370 g/mol. The third-order valence-electron chi connectivity index (χ3n) is 3.97. The second-order valence-electron chi connectivity index (χ2n) is 6.48. The van der Waals surface area contributed by atoms with Crippen molar-refractivity contribution in [3.63, 3.8) is 0 Å². The number of nitro groups is 1. The molecular weight excluding hydrogens is 348 g/mol. The Morgan fingerprint density at radius 2 is 1.67 bits per heavy atom. The number of nitro benzene ring substituents is 1. The van der Waals surface area contributed by atoms with E-state index in [2.05, 4.69) is 5.32 Å². The molecule has 0 bridgehead atoms. The molecule has 0 saturated heterocycles. The number of esters is 1. The average Bonchev–Trinajstić information content (AvgIpc) is 2.65. The van der Waals surface area contributed by atoms with E-state index in [1.54, 1.807) is 0 Å². The topological polar surface area (TPSA) is 98.5 Å². The van der Waals surface area contributed by atoms with Crippen LogP contribution in [0, 0.1) is 16.0 Å². The molecule has 0 heterocycles. The highest BCUT2D eigenvalue weighted by Gasteiger charge is 2.25. The van der Waals surface area contributed by atoms with Gasteiger partial charge in [-0.1, -0.05) is 44.2 Å². The van der Waals surface area contributed by atoms with Crippen LogP contribution in [0.15, 0.2) is 54.6 Å². The van der Waals surface area contributed by atoms with E-state index in [0.29, 0.717) is 5.56 Å². The molecule has 1 amide bonds. The fourth-order valence-corrected chi connectivity index (χ4v) is 2.46. The number of non-ortho nitro benzene ring substituents is 1. The number of carbonyl (C=O) groups is 2. The van der Waals surface area contributed by atoms with Gasteiger partial charge in [-0.2, -0.15) is 0 Å². The Bertz CT molecular complexity index is 788. The molecule has 2 rings (SSSR count). The molecule has 7 heteroatoms. The van der Waals surface area contributed by atoms with Crippen molar-refractivity contribution in [2.75, 3.05) is 0 Å². The number of ether oxygens (including phenoxy) is 1. The lowest BCUT2D eigenvalue weighted by molar-refractivity contribution is -0.384. The van der Waals surface area contributed by atoms with Gasteiger partial charge in [0, 0.05) is 12.1 Å². The zero-order valence-corrected chi connectivity index (χ0v) is 15.3. The molecule has 0 saturated carbocycles. The first-order valence-corrected chi connectivity index (χ1v) is 8.60. The molecule has 27 heavy (non-hydrogen) atoms. The van der Waals surface area contributed by atoms with E-state index in [-0.39, 0.29) is 30.5 Å². The lowest BCUT2D eigenvalue weighted by Crippen LogP contribution is -2.45. The van der Waals surface area contributed by atoms with Gasteiger partial charge in [-0.15, -0.1) is 0 Å². The maximum atomic E-state index is 12.4. The first kappa shape index (κ1) is 20.1. The maximum Gasteiger partial charge on any atom is 0.329 e. The summed E-state index contributed by atoms with van der Waals surface area (Å²) in [4.78, 5) is 34.8. The Morgan fingerprint density at radius 1 is 1.04 bits per heavy atom. The van der Waals surface area contributed by atoms with Gasteiger partial charge >= 0.3 is 5.97 Å². The highest BCUT2D eigenvalue weighted by Crippen LogP contribution is 2.13. The molecule has 0 aliphatic rings. The number of nitrogens with one attached hydrogen (secondary N) is 1. The van der Waals surface area contributed by atoms with Gasteiger partial charge in [0.2, 0.25) is 5.91 Å². The predicted molar refractivity (Wildman–Crippen MR) is 99.8 cm³/mol. The molecule has 0 radical (unpaired) electrons. The van der Waals surface area contributed by atoms with Crippen LogP contribution >= 0.6 is 0 Å². The fourth-order valence-electron chi connectivity index (χ4n) is 2.46. The van der Waals surface area contributed by atoms with Gasteiger partial charge in [-0.3, -0.25) is 14.9 Å². The normalized spacial score (nSPS) is 11.7. The van der Waals surface area contributed by atoms with Gasteiger partial charge in [0.25, 0.3) is 5.69 Å². The number of rotatable bonds is 8. The molecule has 0 aromatic heterocycles. The van der Waals surface area contributed by atoms with Gasteiger partial charge in [0.05, 0.1) is 11.3 Å². The van der Waals surface area contributed by atoms with Crippen molar-refractivity contribution in [2.24, 2.45) is 5.92 Å². The minimum Gasteiger partial charge on any atom is -0.459 e. The molecule has 1 N–H and O–H groups in total. The molecule has 1 atom stereocenters. The van der Waals surface area contributed by atoms with Crippen LogP contribution in [0.2, 0.25) is 0 Å². The lowest BCUT2D eigenvalue weighted by atomic mass is 10.0. The van der Waals surface area contributed by atoms with Crippen LogP contribution in [0.3, 0.4) is 0 Å². The number of nitrogens with zero attached hydrogens (tertiary/aromatic N) is 1. The Kier molecular flexibility index (Phi) is 7.05. The number of carbonyl (C=O) groups excluding carboxylic acids is 2. The summed E-state index contributed by atoms with van der Waals surface area (Å²) < 4.78 is 5.28. The molecule has 0 spiro atoms. The Labute approximate surface area is 157 Å². The van der Waals surface area contributed by atoms with Gasteiger partial charge in [0.1, 0.15) is 12.6 Å². The maximum absolute atomic E-state index is 12.4. The summed E-state index contributed by atoms with van der Waals surface area (Å²) in [5.41, 5.74) is 1.46. The van der Waals surface area contributed by atoms with Crippen LogP contribution < -0.4 is 5.32 Å². The summed E-state index contributed by atoms with van der Waals surface area (Å²) in [7, 11) is 0. The minimum atomic E-state index is -0.765. The molecular formula is C20H22N2O5. The van der Waals surface area contributed by atoms with Gasteiger partial charge in [-0.05, 0) is 29.2 Å². The smallest absolute Gasteiger partial charge is 0.329 e. The van der Waals surface area contributed by atoms with E-state index >= 15 is 0 Å². The zero-order chi connectivity index (χ0) is 19.8. The highest BCUT2D eigenvalue weighted by molar-refractivity contribution is 5.85. The highest BCUT2D eigenvalue weighted by atomic mass is 16.6. The molecule has 0 aliphatic carbocycles. The number of hydrogen-bond acceptors (Lipinski definition) is 5. The van der Waals surface area contributed by atoms with Crippen molar-refractivity contribution >= 4 is 17.6 Å². The molecule has 7 nitrogen and oxygen atoms in total. The van der Waals surface area contributed by atoms with Crippen molar-refractivity contribution in [3.05, 3.63) is 75.8 Å². The number of hydrogen-bond donors (Lipinski definition) is 1. The van der Waals surface area contributed by atoms with E-state index in [0.717, 1.165) is 5.56 Å². The summed E-state index contributed by atoms with van der Waals surface area (Å²) in [6, 6.07) is 14.3. The van der Waals surface area contributed by atoms with Crippen molar-refractivity contribution in [1.29, 1.82) is 0 Å². The Hall–Kier alpha value is -3.22. The Morgan fingerprint density at radius 3 is 2.22 bits per heavy atom. The quantitative estimate of drug-likeness (QED) is 0.437. The van der Waals surface area contributed by atoms with Gasteiger partial charge in [0.15, 0.2) is 0 Å². The average molecular weight is 370 g/mol. The predicted octanol–water partition coefficient (Wildman–Crippen LogP) is 3.02. The molecule has 1 unspecified atom stereocenters. The van der Waals surface area contributed by atoms with Gasteiger partial charge < -0.3 is 10.1 Å². The van der Waals surface area contributed by atoms with Crippen molar-refractivity contribution in [3.8, 4) is 0 Å². The van der Waals surface area contributed by atoms with E-state index in [4.69, 9.17) is 4.74 Å². The summed E-state index contributed by atoms with van der Waals surface area (Å²) in [6.07, 6.45) is 0.180. The largest absolute Gasteiger partial charge is 0.459 e. The van der Waals surface area contributed by atoms with Crippen molar-refractivity contribution < 1.29 is 19.2 Å². The fraction of sp³-hybridized carbons (Fsp3) is 0.300. The van der Waals surface area contributed by atoms with Crippen LogP contribution in [0.1, 0.15) is 25.0 Å². The third-order valence-corrected chi connectivity index (χ3v) is 3.97. The molecule has 0 fully saturated rings. The van der Waals surface area contributed by atoms with E-state index in [9.17, 15) is 19.7 Å². The summed E-state index contributed by atoms with van der Waals surface area (Å²) in [5, 5.41) is 13.4. The van der Waals surface area contributed by atoms with E-state index in [1.165, 1.54) is 24.3 Å². The van der Waals surface area contributed by atoms with Crippen LogP contribution in [-0.4, -0.2) is 22.8 Å². The van der Waals surface area contributed by atoms with E-state index in [1.807, 2.05) is 44.2 Å². The van der Waals surface area contributed by atoms with Gasteiger partial charge in [-0.25, -0.2) is 4.79 Å². The third kappa shape index (κ3) is 6.22. The number of benzene rings is 2. The SMILES string of the molecule is CC(C)C(NC(=O)Cc1ccccc1)C(=O)OCc1ccc([N+](=O)[O-])cc1. The Balaban J connectivity index is 1.92. The van der Waals surface area contributed by atoms with E-state index < -0.39 is 16.9 Å². The summed E-state index contributed by atoms with van der Waals surface area (Å²) in [6.45, 7) is 3.62. The first-order valence-electron chi connectivity index (χ1n) is 8.60. The zero-order valence-electron chi connectivity index (χ0n) is 15.3. The standard InChI is InChI=1S/C20H22N2O5/c1-14(2)19(21-18(23)12-15-6-4-3-5-7-15)20(24)27-13-16-8-10-17(11-9-16)22(25)26/h3-11,14,19H,12-13H2,1-2H3,(H,21,23). The lowest BCUT2D eigenvalue weighted by Gasteiger charge is -2.21. The molecule has 2 aromatic rings. The van der Waals surface area contributed by atoms with Crippen molar-refractivity contribution in [1.82, 2.24) is 5.32 Å². The molecule has 142 valence electrons. The van der Waals surface area contributed by atoms with Crippen LogP contribution in [0.25, 0.3) is 0 Å². The second kappa shape index (κ2) is 9.47. The van der Waals surface area contributed by atoms with Crippen LogP contribution in [-0.2, 0) is 27.4 Å². The summed E-state index contributed by atoms with van der Waals surface area (Å²) >= 11 is 0. The molecule has 2 aromatic carbocycles. The van der Waals surface area contributed by atoms with Crippen LogP contribution in [0.4, 0.5) is 5.69 Å². The molecule has 0 aliphatic heterocycles.